The molecule has 4 heteroatoms. The molecular formula is C17H19BrFNO. The molecule has 0 spiro atoms. The Hall–Kier alpha value is -1.39. The van der Waals surface area contributed by atoms with Gasteiger partial charge in [0.2, 0.25) is 0 Å². The summed E-state index contributed by atoms with van der Waals surface area (Å²) in [5.74, 6) is 0.566. The van der Waals surface area contributed by atoms with Crippen molar-refractivity contribution in [3.63, 3.8) is 0 Å². The zero-order valence-corrected chi connectivity index (χ0v) is 14.0. The first-order valence-corrected chi connectivity index (χ1v) is 7.68. The molecule has 1 N–H and O–H groups in total. The quantitative estimate of drug-likeness (QED) is 0.849. The molecule has 2 rings (SSSR count). The Morgan fingerprint density at radius 3 is 2.62 bits per heavy atom. The first-order chi connectivity index (χ1) is 10.0. The van der Waals surface area contributed by atoms with Gasteiger partial charge in [-0.25, -0.2) is 4.39 Å². The van der Waals surface area contributed by atoms with Crippen molar-refractivity contribution in [3.8, 4) is 5.75 Å². The Bertz CT molecular complexity index is 610. The number of benzene rings is 2. The molecule has 2 nitrogen and oxygen atoms in total. The Kier molecular flexibility index (Phi) is 5.37. The number of aryl methyl sites for hydroxylation is 1. The van der Waals surface area contributed by atoms with Crippen molar-refractivity contribution < 1.29 is 9.13 Å². The van der Waals surface area contributed by atoms with Crippen LogP contribution in [0.2, 0.25) is 0 Å². The maximum Gasteiger partial charge on any atom is 0.123 e. The van der Waals surface area contributed by atoms with Crippen LogP contribution in [0.3, 0.4) is 0 Å². The Labute approximate surface area is 133 Å². The highest BCUT2D eigenvalue weighted by atomic mass is 79.9. The molecule has 0 radical (unpaired) electrons. The third kappa shape index (κ3) is 3.83. The van der Waals surface area contributed by atoms with Crippen LogP contribution >= 0.6 is 15.9 Å². The fourth-order valence-electron chi connectivity index (χ4n) is 2.41. The Balaban J connectivity index is 2.52. The second kappa shape index (κ2) is 7.05. The first kappa shape index (κ1) is 16.0. The minimum absolute atomic E-state index is 0.0890. The van der Waals surface area contributed by atoms with Gasteiger partial charge >= 0.3 is 0 Å². The molecule has 0 aliphatic heterocycles. The van der Waals surface area contributed by atoms with Crippen LogP contribution in [0.1, 0.15) is 29.7 Å². The van der Waals surface area contributed by atoms with Gasteiger partial charge in [-0.2, -0.15) is 0 Å². The molecule has 1 atom stereocenters. The summed E-state index contributed by atoms with van der Waals surface area (Å²) in [6.07, 6.45) is 0. The average Bonchev–Trinajstić information content (AvgIpc) is 2.44. The molecule has 0 amide bonds. The maximum absolute atomic E-state index is 13.7. The second-order valence-corrected chi connectivity index (χ2v) is 5.79. The minimum Gasteiger partial charge on any atom is -0.497 e. The highest BCUT2D eigenvalue weighted by Gasteiger charge is 2.18. The smallest absolute Gasteiger partial charge is 0.123 e. The number of nitrogens with one attached hydrogen (secondary N) is 1. The van der Waals surface area contributed by atoms with Crippen molar-refractivity contribution >= 4 is 15.9 Å². The lowest BCUT2D eigenvalue weighted by atomic mass is 9.97. The summed E-state index contributed by atoms with van der Waals surface area (Å²) in [6.45, 7) is 4.72. The van der Waals surface area contributed by atoms with E-state index in [0.29, 0.717) is 0 Å². The summed E-state index contributed by atoms with van der Waals surface area (Å²) < 4.78 is 20.0. The molecule has 21 heavy (non-hydrogen) atoms. The molecule has 0 bridgehead atoms. The summed E-state index contributed by atoms with van der Waals surface area (Å²) in [4.78, 5) is 0. The van der Waals surface area contributed by atoms with Crippen LogP contribution in [-0.4, -0.2) is 13.7 Å². The normalized spacial score (nSPS) is 12.2. The third-order valence-corrected chi connectivity index (χ3v) is 4.04. The van der Waals surface area contributed by atoms with E-state index in [1.165, 1.54) is 6.07 Å². The van der Waals surface area contributed by atoms with Crippen molar-refractivity contribution in [3.05, 3.63) is 63.4 Å². The first-order valence-electron chi connectivity index (χ1n) is 6.89. The molecule has 1 unspecified atom stereocenters. The van der Waals surface area contributed by atoms with E-state index in [-0.39, 0.29) is 11.9 Å². The van der Waals surface area contributed by atoms with Gasteiger partial charge in [0.05, 0.1) is 13.2 Å². The number of hydrogen-bond acceptors (Lipinski definition) is 2. The Morgan fingerprint density at radius 1 is 1.24 bits per heavy atom. The molecule has 0 saturated heterocycles. The van der Waals surface area contributed by atoms with Crippen LogP contribution < -0.4 is 10.1 Å². The van der Waals surface area contributed by atoms with E-state index in [4.69, 9.17) is 4.74 Å². The summed E-state index contributed by atoms with van der Waals surface area (Å²) in [5.41, 5.74) is 2.84. The van der Waals surface area contributed by atoms with Gasteiger partial charge < -0.3 is 10.1 Å². The van der Waals surface area contributed by atoms with Gasteiger partial charge in [-0.1, -0.05) is 28.9 Å². The van der Waals surface area contributed by atoms with Gasteiger partial charge in [0.15, 0.2) is 0 Å². The summed E-state index contributed by atoms with van der Waals surface area (Å²) in [5, 5.41) is 3.41. The van der Waals surface area contributed by atoms with E-state index < -0.39 is 0 Å². The van der Waals surface area contributed by atoms with E-state index in [9.17, 15) is 4.39 Å². The van der Waals surface area contributed by atoms with E-state index in [1.54, 1.807) is 13.2 Å². The number of methoxy groups -OCH3 is 1. The molecule has 0 aliphatic rings. The predicted octanol–water partition coefficient (Wildman–Crippen LogP) is 4.60. The molecule has 112 valence electrons. The molecule has 2 aromatic rings. The summed E-state index contributed by atoms with van der Waals surface area (Å²) >= 11 is 3.58. The molecule has 2 aromatic carbocycles. The topological polar surface area (TPSA) is 21.3 Å². The SMILES string of the molecule is CCNC(c1cc(C)cc(F)c1)c1cc(OC)ccc1Br. The molecule has 0 aliphatic carbocycles. The van der Waals surface area contributed by atoms with Crippen molar-refractivity contribution in [1.82, 2.24) is 5.32 Å². The van der Waals surface area contributed by atoms with Crippen LogP contribution in [0, 0.1) is 12.7 Å². The van der Waals surface area contributed by atoms with Crippen molar-refractivity contribution in [2.45, 2.75) is 19.9 Å². The molecular weight excluding hydrogens is 333 g/mol. The van der Waals surface area contributed by atoms with Crippen LogP contribution in [-0.2, 0) is 0 Å². The van der Waals surface area contributed by atoms with Crippen molar-refractivity contribution in [2.24, 2.45) is 0 Å². The molecule has 0 saturated carbocycles. The van der Waals surface area contributed by atoms with Crippen LogP contribution in [0.4, 0.5) is 4.39 Å². The molecule has 0 aromatic heterocycles. The van der Waals surface area contributed by atoms with E-state index in [0.717, 1.165) is 33.5 Å². The van der Waals surface area contributed by atoms with Gasteiger partial charge in [0.25, 0.3) is 0 Å². The zero-order chi connectivity index (χ0) is 15.4. The number of hydrogen-bond donors (Lipinski definition) is 1. The van der Waals surface area contributed by atoms with Crippen LogP contribution in [0.25, 0.3) is 0 Å². The average molecular weight is 352 g/mol. The van der Waals surface area contributed by atoms with Crippen molar-refractivity contribution in [1.29, 1.82) is 0 Å². The van der Waals surface area contributed by atoms with Gasteiger partial charge in [0, 0.05) is 4.47 Å². The summed E-state index contributed by atoms with van der Waals surface area (Å²) in [6, 6.07) is 10.8. The fourth-order valence-corrected chi connectivity index (χ4v) is 2.89. The number of halogens is 2. The lowest BCUT2D eigenvalue weighted by Crippen LogP contribution is -2.22. The Morgan fingerprint density at radius 2 is 2.00 bits per heavy atom. The van der Waals surface area contributed by atoms with E-state index >= 15 is 0 Å². The summed E-state index contributed by atoms with van der Waals surface area (Å²) in [7, 11) is 1.64. The largest absolute Gasteiger partial charge is 0.497 e. The monoisotopic (exact) mass is 351 g/mol. The third-order valence-electron chi connectivity index (χ3n) is 3.32. The minimum atomic E-state index is -0.216. The van der Waals surface area contributed by atoms with Crippen LogP contribution in [0.15, 0.2) is 40.9 Å². The zero-order valence-electron chi connectivity index (χ0n) is 12.4. The predicted molar refractivity (Wildman–Crippen MR) is 87.4 cm³/mol. The van der Waals surface area contributed by atoms with Crippen molar-refractivity contribution in [2.75, 3.05) is 13.7 Å². The molecule has 0 heterocycles. The lowest BCUT2D eigenvalue weighted by molar-refractivity contribution is 0.413. The second-order valence-electron chi connectivity index (χ2n) is 4.94. The van der Waals surface area contributed by atoms with E-state index in [1.807, 2.05) is 38.1 Å². The maximum atomic E-state index is 13.7. The molecule has 0 fully saturated rings. The van der Waals surface area contributed by atoms with Gasteiger partial charge in [-0.15, -0.1) is 0 Å². The van der Waals surface area contributed by atoms with Gasteiger partial charge in [-0.05, 0) is 60.5 Å². The fraction of sp³-hybridized carbons (Fsp3) is 0.294. The van der Waals surface area contributed by atoms with Gasteiger partial charge in [-0.3, -0.25) is 0 Å². The van der Waals surface area contributed by atoms with Gasteiger partial charge in [0.1, 0.15) is 11.6 Å². The standard InChI is InChI=1S/C17H19BrFNO/c1-4-20-17(12-7-11(2)8-13(19)9-12)15-10-14(21-3)5-6-16(15)18/h5-10,17,20H,4H2,1-3H3. The number of ether oxygens (including phenoxy) is 1. The highest BCUT2D eigenvalue weighted by Crippen LogP contribution is 2.32. The lowest BCUT2D eigenvalue weighted by Gasteiger charge is -2.21. The van der Waals surface area contributed by atoms with Crippen LogP contribution in [0.5, 0.6) is 5.75 Å². The van der Waals surface area contributed by atoms with E-state index in [2.05, 4.69) is 21.2 Å². The number of rotatable bonds is 5. The highest BCUT2D eigenvalue weighted by molar-refractivity contribution is 9.10.